The third-order valence-corrected chi connectivity index (χ3v) is 4.06. The van der Waals surface area contributed by atoms with E-state index in [1.807, 2.05) is 0 Å². The van der Waals surface area contributed by atoms with E-state index in [-0.39, 0.29) is 5.54 Å². The Morgan fingerprint density at radius 1 is 1.18 bits per heavy atom. The molecule has 0 aromatic heterocycles. The van der Waals surface area contributed by atoms with Crippen LogP contribution in [-0.2, 0) is 9.53 Å². The molecule has 0 amide bonds. The molecule has 0 saturated heterocycles. The first-order valence-corrected chi connectivity index (χ1v) is 6.83. The first-order chi connectivity index (χ1) is 8.13. The average Bonchev–Trinajstić information content (AvgIpc) is 2.55. The van der Waals surface area contributed by atoms with Gasteiger partial charge < -0.3 is 4.74 Å². The summed E-state index contributed by atoms with van der Waals surface area (Å²) < 4.78 is 5.03. The van der Waals surface area contributed by atoms with Gasteiger partial charge in [0.05, 0.1) is 5.54 Å². The van der Waals surface area contributed by atoms with Gasteiger partial charge in [-0.2, -0.15) is 0 Å². The zero-order valence-electron chi connectivity index (χ0n) is 11.6. The maximum Gasteiger partial charge on any atom is 0.153 e. The molecule has 3 nitrogen and oxygen atoms in total. The lowest BCUT2D eigenvalue weighted by molar-refractivity contribution is -0.131. The molecule has 100 valence electrons. The van der Waals surface area contributed by atoms with Crippen molar-refractivity contribution in [3.05, 3.63) is 0 Å². The fourth-order valence-electron chi connectivity index (χ4n) is 2.90. The van der Waals surface area contributed by atoms with Crippen molar-refractivity contribution in [1.82, 2.24) is 4.90 Å². The van der Waals surface area contributed by atoms with E-state index < -0.39 is 0 Å². The van der Waals surface area contributed by atoms with Crippen LogP contribution in [0.4, 0.5) is 0 Å². The van der Waals surface area contributed by atoms with E-state index in [0.717, 1.165) is 19.3 Å². The Morgan fingerprint density at radius 3 is 2.24 bits per heavy atom. The van der Waals surface area contributed by atoms with Crippen LogP contribution in [0.2, 0.25) is 0 Å². The Bertz CT molecular complexity index is 230. The molecule has 0 unspecified atom stereocenters. The van der Waals surface area contributed by atoms with Crippen molar-refractivity contribution in [3.8, 4) is 0 Å². The van der Waals surface area contributed by atoms with E-state index in [4.69, 9.17) is 4.74 Å². The van der Waals surface area contributed by atoms with Crippen LogP contribution in [0.15, 0.2) is 0 Å². The fourth-order valence-corrected chi connectivity index (χ4v) is 2.90. The molecule has 3 heteroatoms. The molecule has 17 heavy (non-hydrogen) atoms. The second kappa shape index (κ2) is 7.12. The third kappa shape index (κ3) is 3.78. The molecule has 0 N–H and O–H groups in total. The van der Waals surface area contributed by atoms with Gasteiger partial charge >= 0.3 is 0 Å². The first kappa shape index (κ1) is 14.7. The smallest absolute Gasteiger partial charge is 0.153 e. The summed E-state index contributed by atoms with van der Waals surface area (Å²) in [6.07, 6.45) is 8.51. The van der Waals surface area contributed by atoms with Gasteiger partial charge in [0.2, 0.25) is 0 Å². The van der Waals surface area contributed by atoms with E-state index in [0.29, 0.717) is 18.8 Å². The van der Waals surface area contributed by atoms with E-state index in [2.05, 4.69) is 19.0 Å². The monoisotopic (exact) mass is 241 g/mol. The van der Waals surface area contributed by atoms with E-state index in [9.17, 15) is 4.79 Å². The van der Waals surface area contributed by atoms with Gasteiger partial charge in [0.15, 0.2) is 5.78 Å². The van der Waals surface area contributed by atoms with Gasteiger partial charge in [-0.3, -0.25) is 9.69 Å². The summed E-state index contributed by atoms with van der Waals surface area (Å²) in [5, 5.41) is 0. The van der Waals surface area contributed by atoms with Crippen LogP contribution in [0, 0.1) is 0 Å². The first-order valence-electron chi connectivity index (χ1n) is 6.83. The summed E-state index contributed by atoms with van der Waals surface area (Å²) in [5.74, 6) is 0.418. The van der Waals surface area contributed by atoms with Crippen LogP contribution in [0.5, 0.6) is 0 Å². The predicted molar refractivity (Wildman–Crippen MR) is 70.2 cm³/mol. The number of hydrogen-bond acceptors (Lipinski definition) is 3. The maximum absolute atomic E-state index is 12.5. The summed E-state index contributed by atoms with van der Waals surface area (Å²) in [7, 11) is 5.80. The Hall–Kier alpha value is -0.410. The number of nitrogens with zero attached hydrogens (tertiary/aromatic N) is 1. The fraction of sp³-hybridized carbons (Fsp3) is 0.929. The van der Waals surface area contributed by atoms with Crippen molar-refractivity contribution in [1.29, 1.82) is 0 Å². The summed E-state index contributed by atoms with van der Waals surface area (Å²) in [6.45, 7) is 0.690. The minimum atomic E-state index is -0.190. The maximum atomic E-state index is 12.5. The highest BCUT2D eigenvalue weighted by Crippen LogP contribution is 2.33. The molecule has 0 aromatic rings. The molecule has 1 rings (SSSR count). The van der Waals surface area contributed by atoms with Crippen molar-refractivity contribution >= 4 is 5.78 Å². The number of carbonyl (C=O) groups is 1. The molecular formula is C14H27NO2. The summed E-state index contributed by atoms with van der Waals surface area (Å²) in [4.78, 5) is 14.7. The Kier molecular flexibility index (Phi) is 6.14. The van der Waals surface area contributed by atoms with Gasteiger partial charge in [-0.05, 0) is 33.4 Å². The van der Waals surface area contributed by atoms with Crippen LogP contribution in [0.25, 0.3) is 0 Å². The van der Waals surface area contributed by atoms with Gasteiger partial charge in [-0.15, -0.1) is 0 Å². The topological polar surface area (TPSA) is 29.5 Å². The number of methoxy groups -OCH3 is 1. The molecule has 0 aliphatic heterocycles. The molecule has 0 bridgehead atoms. The number of carbonyl (C=O) groups excluding carboxylic acids is 1. The summed E-state index contributed by atoms with van der Waals surface area (Å²) in [5.41, 5.74) is -0.190. The van der Waals surface area contributed by atoms with Crippen LogP contribution >= 0.6 is 0 Å². The number of ketones is 1. The number of rotatable bonds is 6. The summed E-state index contributed by atoms with van der Waals surface area (Å²) in [6, 6.07) is 0. The standard InChI is InChI=1S/C14H27NO2/c1-15(2)14(10-6-4-5-7-11-14)13(16)9-8-12-17-3/h4-12H2,1-3H3. The zero-order valence-corrected chi connectivity index (χ0v) is 11.6. The van der Waals surface area contributed by atoms with Crippen molar-refractivity contribution in [2.45, 2.75) is 56.9 Å². The SMILES string of the molecule is COCCCC(=O)C1(N(C)C)CCCCCC1. The van der Waals surface area contributed by atoms with Gasteiger partial charge in [0.25, 0.3) is 0 Å². The minimum Gasteiger partial charge on any atom is -0.385 e. The Morgan fingerprint density at radius 2 is 1.76 bits per heavy atom. The van der Waals surface area contributed by atoms with Crippen LogP contribution < -0.4 is 0 Å². The molecule has 1 aliphatic rings. The van der Waals surface area contributed by atoms with Gasteiger partial charge in [0.1, 0.15) is 0 Å². The van der Waals surface area contributed by atoms with Crippen molar-refractivity contribution in [2.24, 2.45) is 0 Å². The number of hydrogen-bond donors (Lipinski definition) is 0. The number of ether oxygens (including phenoxy) is 1. The second-order valence-corrected chi connectivity index (χ2v) is 5.36. The highest BCUT2D eigenvalue weighted by Gasteiger charge is 2.39. The lowest BCUT2D eigenvalue weighted by Crippen LogP contribution is -2.50. The van der Waals surface area contributed by atoms with Crippen LogP contribution in [0.3, 0.4) is 0 Å². The molecule has 0 atom stereocenters. The molecule has 1 fully saturated rings. The third-order valence-electron chi connectivity index (χ3n) is 4.06. The lowest BCUT2D eigenvalue weighted by atomic mass is 9.82. The molecule has 0 radical (unpaired) electrons. The van der Waals surface area contributed by atoms with Crippen LogP contribution in [0.1, 0.15) is 51.4 Å². The molecular weight excluding hydrogens is 214 g/mol. The van der Waals surface area contributed by atoms with Crippen molar-refractivity contribution in [3.63, 3.8) is 0 Å². The van der Waals surface area contributed by atoms with E-state index in [1.54, 1.807) is 7.11 Å². The highest BCUT2D eigenvalue weighted by molar-refractivity contribution is 5.88. The van der Waals surface area contributed by atoms with Crippen molar-refractivity contribution < 1.29 is 9.53 Å². The van der Waals surface area contributed by atoms with E-state index >= 15 is 0 Å². The highest BCUT2D eigenvalue weighted by atomic mass is 16.5. The van der Waals surface area contributed by atoms with Crippen LogP contribution in [-0.4, -0.2) is 44.0 Å². The molecule has 0 spiro atoms. The largest absolute Gasteiger partial charge is 0.385 e. The molecule has 1 aliphatic carbocycles. The van der Waals surface area contributed by atoms with Crippen molar-refractivity contribution in [2.75, 3.05) is 27.8 Å². The predicted octanol–water partition coefficient (Wildman–Crippen LogP) is 2.64. The van der Waals surface area contributed by atoms with Gasteiger partial charge in [-0.25, -0.2) is 0 Å². The van der Waals surface area contributed by atoms with Gasteiger partial charge in [0, 0.05) is 20.1 Å². The van der Waals surface area contributed by atoms with E-state index in [1.165, 1.54) is 25.7 Å². The molecule has 1 saturated carbocycles. The van der Waals surface area contributed by atoms with Gasteiger partial charge in [-0.1, -0.05) is 25.7 Å². The summed E-state index contributed by atoms with van der Waals surface area (Å²) >= 11 is 0. The molecule has 0 aromatic carbocycles. The number of Topliss-reactive ketones (excluding diaryl/α,β-unsaturated/α-hetero) is 1. The Balaban J connectivity index is 2.65. The normalized spacial score (nSPS) is 20.2. The number of likely N-dealkylation sites (N-methyl/N-ethyl adjacent to an activating group) is 1. The average molecular weight is 241 g/mol. The lowest BCUT2D eigenvalue weighted by Gasteiger charge is -2.38. The quantitative estimate of drug-likeness (QED) is 0.529. The second-order valence-electron chi connectivity index (χ2n) is 5.36. The Labute approximate surface area is 106 Å². The minimum absolute atomic E-state index is 0.190. The zero-order chi connectivity index (χ0) is 12.7. The molecule has 0 heterocycles.